The lowest BCUT2D eigenvalue weighted by molar-refractivity contribution is 0.112. The van der Waals surface area contributed by atoms with Gasteiger partial charge in [0, 0.05) is 17.3 Å². The molecular formula is C15H15NO3. The van der Waals surface area contributed by atoms with E-state index in [0.717, 1.165) is 17.4 Å². The Morgan fingerprint density at radius 1 is 1.21 bits per heavy atom. The zero-order chi connectivity index (χ0) is 13.7. The van der Waals surface area contributed by atoms with Crippen LogP contribution in [-0.4, -0.2) is 25.0 Å². The predicted molar refractivity (Wildman–Crippen MR) is 72.8 cm³/mol. The quantitative estimate of drug-likeness (QED) is 0.773. The molecule has 4 nitrogen and oxygen atoms in total. The minimum absolute atomic E-state index is 0.468. The van der Waals surface area contributed by atoms with E-state index >= 15 is 0 Å². The molecule has 0 saturated carbocycles. The predicted octanol–water partition coefficient (Wildman–Crippen LogP) is 2.97. The number of carbonyl (C=O) groups excluding carboxylic acids is 1. The molecule has 0 amide bonds. The fraction of sp³-hybridized carbons (Fsp3) is 0.200. The number of aldehydes is 1. The van der Waals surface area contributed by atoms with Crippen molar-refractivity contribution in [3.05, 3.63) is 42.1 Å². The van der Waals surface area contributed by atoms with Crippen molar-refractivity contribution in [2.45, 2.75) is 6.92 Å². The third kappa shape index (κ3) is 2.91. The van der Waals surface area contributed by atoms with E-state index < -0.39 is 0 Å². The molecule has 0 aliphatic rings. The summed E-state index contributed by atoms with van der Waals surface area (Å²) in [6.07, 6.45) is 2.54. The van der Waals surface area contributed by atoms with Crippen molar-refractivity contribution in [2.24, 2.45) is 0 Å². The van der Waals surface area contributed by atoms with Crippen LogP contribution < -0.4 is 9.47 Å². The number of nitrogens with zero attached hydrogens (tertiary/aromatic N) is 1. The third-order valence-corrected chi connectivity index (χ3v) is 2.69. The fourth-order valence-corrected chi connectivity index (χ4v) is 1.76. The van der Waals surface area contributed by atoms with Crippen molar-refractivity contribution in [2.75, 3.05) is 13.7 Å². The molecule has 0 bridgehead atoms. The van der Waals surface area contributed by atoms with Gasteiger partial charge in [-0.3, -0.25) is 4.79 Å². The molecular weight excluding hydrogens is 242 g/mol. The van der Waals surface area contributed by atoms with Crippen LogP contribution in [0, 0.1) is 0 Å². The maximum atomic E-state index is 10.6. The van der Waals surface area contributed by atoms with E-state index in [-0.39, 0.29) is 0 Å². The minimum Gasteiger partial charge on any atom is -0.488 e. The second kappa shape index (κ2) is 6.00. The van der Waals surface area contributed by atoms with Gasteiger partial charge in [-0.1, -0.05) is 24.3 Å². The van der Waals surface area contributed by atoms with E-state index in [1.165, 1.54) is 0 Å². The molecule has 1 aromatic heterocycles. The van der Waals surface area contributed by atoms with Gasteiger partial charge in [-0.15, -0.1) is 0 Å². The van der Waals surface area contributed by atoms with E-state index in [1.807, 2.05) is 25.1 Å². The SMILES string of the molecule is CCOc1cc(-c2ccc(C=O)cc2)cnc1OC. The molecule has 98 valence electrons. The topological polar surface area (TPSA) is 48.4 Å². The van der Waals surface area contributed by atoms with E-state index in [9.17, 15) is 4.79 Å². The molecule has 0 saturated heterocycles. The maximum absolute atomic E-state index is 10.6. The molecule has 0 fully saturated rings. The average Bonchev–Trinajstić information content (AvgIpc) is 2.47. The Labute approximate surface area is 112 Å². The lowest BCUT2D eigenvalue weighted by atomic mass is 10.1. The molecule has 2 aromatic rings. The lowest BCUT2D eigenvalue weighted by Gasteiger charge is -2.10. The molecule has 1 heterocycles. The van der Waals surface area contributed by atoms with Crippen molar-refractivity contribution < 1.29 is 14.3 Å². The zero-order valence-corrected chi connectivity index (χ0v) is 10.9. The minimum atomic E-state index is 0.468. The van der Waals surface area contributed by atoms with Crippen LogP contribution in [0.2, 0.25) is 0 Å². The van der Waals surface area contributed by atoms with Gasteiger partial charge in [0.25, 0.3) is 5.88 Å². The van der Waals surface area contributed by atoms with Crippen molar-refractivity contribution in [3.8, 4) is 22.8 Å². The summed E-state index contributed by atoms with van der Waals surface area (Å²) in [6.45, 7) is 2.45. The van der Waals surface area contributed by atoms with Gasteiger partial charge in [-0.2, -0.15) is 0 Å². The number of aromatic nitrogens is 1. The number of rotatable bonds is 5. The molecule has 0 spiro atoms. The van der Waals surface area contributed by atoms with Crippen LogP contribution in [0.5, 0.6) is 11.6 Å². The van der Waals surface area contributed by atoms with Crippen LogP contribution in [0.1, 0.15) is 17.3 Å². The molecule has 2 rings (SSSR count). The van der Waals surface area contributed by atoms with Gasteiger partial charge in [0.2, 0.25) is 0 Å². The van der Waals surface area contributed by atoms with Gasteiger partial charge < -0.3 is 9.47 Å². The van der Waals surface area contributed by atoms with Gasteiger partial charge in [0.05, 0.1) is 13.7 Å². The van der Waals surface area contributed by atoms with Crippen molar-refractivity contribution >= 4 is 6.29 Å². The van der Waals surface area contributed by atoms with Gasteiger partial charge in [0.15, 0.2) is 5.75 Å². The first kappa shape index (κ1) is 13.1. The molecule has 1 aromatic carbocycles. The summed E-state index contributed by atoms with van der Waals surface area (Å²) in [5.41, 5.74) is 2.54. The number of ether oxygens (including phenoxy) is 2. The fourth-order valence-electron chi connectivity index (χ4n) is 1.76. The Morgan fingerprint density at radius 2 is 1.95 bits per heavy atom. The van der Waals surface area contributed by atoms with Crippen molar-refractivity contribution in [1.29, 1.82) is 0 Å². The number of hydrogen-bond acceptors (Lipinski definition) is 4. The lowest BCUT2D eigenvalue weighted by Crippen LogP contribution is -1.97. The molecule has 0 aliphatic carbocycles. The second-order valence-electron chi connectivity index (χ2n) is 3.90. The molecule has 19 heavy (non-hydrogen) atoms. The first-order valence-electron chi connectivity index (χ1n) is 6.01. The number of methoxy groups -OCH3 is 1. The second-order valence-corrected chi connectivity index (χ2v) is 3.90. The molecule has 4 heteroatoms. The van der Waals surface area contributed by atoms with Crippen LogP contribution >= 0.6 is 0 Å². The number of benzene rings is 1. The normalized spacial score (nSPS) is 10.0. The summed E-state index contributed by atoms with van der Waals surface area (Å²) in [5, 5.41) is 0. The van der Waals surface area contributed by atoms with Crippen LogP contribution in [0.25, 0.3) is 11.1 Å². The number of hydrogen-bond donors (Lipinski definition) is 0. The van der Waals surface area contributed by atoms with E-state index in [2.05, 4.69) is 4.98 Å². The summed E-state index contributed by atoms with van der Waals surface area (Å²) in [5.74, 6) is 1.08. The molecule has 0 N–H and O–H groups in total. The summed E-state index contributed by atoms with van der Waals surface area (Å²) in [4.78, 5) is 14.8. The maximum Gasteiger partial charge on any atom is 0.256 e. The summed E-state index contributed by atoms with van der Waals surface area (Å²) < 4.78 is 10.6. The standard InChI is InChI=1S/C15H15NO3/c1-3-19-14-8-13(9-16-15(14)18-2)12-6-4-11(10-17)5-7-12/h4-10H,3H2,1-2H3. The molecule has 0 atom stereocenters. The molecule has 0 unspecified atom stereocenters. The highest BCUT2D eigenvalue weighted by Crippen LogP contribution is 2.30. The van der Waals surface area contributed by atoms with Crippen LogP contribution in [-0.2, 0) is 0 Å². The highest BCUT2D eigenvalue weighted by atomic mass is 16.5. The summed E-state index contributed by atoms with van der Waals surface area (Å²) in [6, 6.07) is 9.18. The highest BCUT2D eigenvalue weighted by molar-refractivity contribution is 5.77. The summed E-state index contributed by atoms with van der Waals surface area (Å²) in [7, 11) is 1.56. The molecule has 0 radical (unpaired) electrons. The Morgan fingerprint density at radius 3 is 2.53 bits per heavy atom. The summed E-state index contributed by atoms with van der Waals surface area (Å²) >= 11 is 0. The van der Waals surface area contributed by atoms with E-state index in [4.69, 9.17) is 9.47 Å². The Balaban J connectivity index is 2.38. The monoisotopic (exact) mass is 257 g/mol. The van der Waals surface area contributed by atoms with Crippen LogP contribution in [0.15, 0.2) is 36.5 Å². The van der Waals surface area contributed by atoms with Crippen molar-refractivity contribution in [3.63, 3.8) is 0 Å². The zero-order valence-electron chi connectivity index (χ0n) is 10.9. The van der Waals surface area contributed by atoms with Crippen LogP contribution in [0.3, 0.4) is 0 Å². The number of carbonyl (C=O) groups is 1. The highest BCUT2D eigenvalue weighted by Gasteiger charge is 2.08. The van der Waals surface area contributed by atoms with Gasteiger partial charge in [-0.25, -0.2) is 4.98 Å². The van der Waals surface area contributed by atoms with Crippen LogP contribution in [0.4, 0.5) is 0 Å². The first-order chi connectivity index (χ1) is 9.28. The number of pyridine rings is 1. The Hall–Kier alpha value is -2.36. The van der Waals surface area contributed by atoms with Crippen molar-refractivity contribution in [1.82, 2.24) is 4.98 Å². The van der Waals surface area contributed by atoms with E-state index in [0.29, 0.717) is 23.8 Å². The first-order valence-corrected chi connectivity index (χ1v) is 6.01. The largest absolute Gasteiger partial charge is 0.488 e. The Bertz CT molecular complexity index is 564. The molecule has 0 aliphatic heterocycles. The smallest absolute Gasteiger partial charge is 0.256 e. The van der Waals surface area contributed by atoms with Gasteiger partial charge in [-0.05, 0) is 18.6 Å². The van der Waals surface area contributed by atoms with E-state index in [1.54, 1.807) is 25.4 Å². The average molecular weight is 257 g/mol. The third-order valence-electron chi connectivity index (χ3n) is 2.69. The Kier molecular flexibility index (Phi) is 4.13. The van der Waals surface area contributed by atoms with Gasteiger partial charge in [0.1, 0.15) is 6.29 Å². The van der Waals surface area contributed by atoms with Gasteiger partial charge >= 0.3 is 0 Å².